The van der Waals surface area contributed by atoms with Crippen molar-refractivity contribution in [2.75, 3.05) is 46.4 Å². The first-order chi connectivity index (χ1) is 10.1. The second kappa shape index (κ2) is 6.10. The first kappa shape index (κ1) is 15.6. The third-order valence-corrected chi connectivity index (χ3v) is 6.74. The summed E-state index contributed by atoms with van der Waals surface area (Å²) in [5, 5.41) is 3.18. The predicted octanol–water partition coefficient (Wildman–Crippen LogP) is -0.246. The van der Waals surface area contributed by atoms with Crippen LogP contribution in [0, 0.1) is 0 Å². The van der Waals surface area contributed by atoms with Gasteiger partial charge in [-0.25, -0.2) is 0 Å². The first-order valence-electron chi connectivity index (χ1n) is 7.76. The van der Waals surface area contributed by atoms with Gasteiger partial charge in [0, 0.05) is 45.1 Å². The number of rotatable bonds is 3. The standard InChI is InChI=1S/C13H25N3O4S/c1-14-12-3-2-6-16(11-12)21(17,18)15-7-4-13(5-8-15)19-9-10-20-13/h12,14H,2-11H2,1H3. The molecule has 0 aromatic carbocycles. The SMILES string of the molecule is CNC1CCCN(S(=O)(=O)N2CCC3(CC2)OCCO3)C1. The van der Waals surface area contributed by atoms with Crippen LogP contribution < -0.4 is 5.32 Å². The molecule has 0 amide bonds. The van der Waals surface area contributed by atoms with E-state index in [-0.39, 0.29) is 6.04 Å². The molecule has 3 aliphatic rings. The number of nitrogens with one attached hydrogen (secondary N) is 1. The van der Waals surface area contributed by atoms with Crippen LogP contribution in [0.25, 0.3) is 0 Å². The van der Waals surface area contributed by atoms with E-state index in [2.05, 4.69) is 5.32 Å². The van der Waals surface area contributed by atoms with E-state index in [1.807, 2.05) is 7.05 Å². The van der Waals surface area contributed by atoms with E-state index >= 15 is 0 Å². The lowest BCUT2D eigenvalue weighted by Crippen LogP contribution is -2.55. The second-order valence-corrected chi connectivity index (χ2v) is 7.93. The summed E-state index contributed by atoms with van der Waals surface area (Å²) in [6.45, 7) is 3.36. The number of piperidine rings is 2. The summed E-state index contributed by atoms with van der Waals surface area (Å²) >= 11 is 0. The highest BCUT2D eigenvalue weighted by atomic mass is 32.2. The zero-order valence-corrected chi connectivity index (χ0v) is 13.4. The Hall–Kier alpha value is -0.250. The Morgan fingerprint density at radius 2 is 1.76 bits per heavy atom. The molecule has 21 heavy (non-hydrogen) atoms. The fourth-order valence-electron chi connectivity index (χ4n) is 3.39. The fraction of sp³-hybridized carbons (Fsp3) is 1.00. The molecule has 7 nitrogen and oxygen atoms in total. The minimum absolute atomic E-state index is 0.256. The van der Waals surface area contributed by atoms with Crippen molar-refractivity contribution in [3.05, 3.63) is 0 Å². The minimum Gasteiger partial charge on any atom is -0.347 e. The number of likely N-dealkylation sites (N-methyl/N-ethyl adjacent to an activating group) is 1. The van der Waals surface area contributed by atoms with Gasteiger partial charge in [0.05, 0.1) is 13.2 Å². The van der Waals surface area contributed by atoms with Crippen molar-refractivity contribution in [1.82, 2.24) is 13.9 Å². The van der Waals surface area contributed by atoms with Crippen LogP contribution >= 0.6 is 0 Å². The molecular formula is C13H25N3O4S. The van der Waals surface area contributed by atoms with Crippen molar-refractivity contribution in [3.8, 4) is 0 Å². The van der Waals surface area contributed by atoms with Crippen molar-refractivity contribution < 1.29 is 17.9 Å². The van der Waals surface area contributed by atoms with Crippen LogP contribution in [-0.4, -0.2) is 75.3 Å². The smallest absolute Gasteiger partial charge is 0.282 e. The van der Waals surface area contributed by atoms with Crippen molar-refractivity contribution in [2.45, 2.75) is 37.5 Å². The molecule has 1 N–H and O–H groups in total. The number of hydrogen-bond donors (Lipinski definition) is 1. The van der Waals surface area contributed by atoms with E-state index in [1.165, 1.54) is 0 Å². The molecule has 0 radical (unpaired) electrons. The summed E-state index contributed by atoms with van der Waals surface area (Å²) in [7, 11) is -1.47. The van der Waals surface area contributed by atoms with Gasteiger partial charge in [-0.1, -0.05) is 0 Å². The molecule has 0 aromatic rings. The van der Waals surface area contributed by atoms with Crippen molar-refractivity contribution in [2.24, 2.45) is 0 Å². The molecule has 0 aliphatic carbocycles. The molecule has 1 spiro atoms. The largest absolute Gasteiger partial charge is 0.347 e. The zero-order valence-electron chi connectivity index (χ0n) is 12.6. The number of hydrogen-bond acceptors (Lipinski definition) is 5. The normalized spacial score (nSPS) is 31.8. The molecule has 1 atom stereocenters. The summed E-state index contributed by atoms with van der Waals surface area (Å²) in [5.74, 6) is -0.526. The fourth-order valence-corrected chi connectivity index (χ4v) is 5.09. The lowest BCUT2D eigenvalue weighted by atomic mass is 10.1. The quantitative estimate of drug-likeness (QED) is 0.777. The molecule has 3 rings (SSSR count). The average Bonchev–Trinajstić information content (AvgIpc) is 2.96. The summed E-state index contributed by atoms with van der Waals surface area (Å²) in [6, 6.07) is 0.256. The van der Waals surface area contributed by atoms with Crippen molar-refractivity contribution >= 4 is 10.2 Å². The monoisotopic (exact) mass is 319 g/mol. The highest BCUT2D eigenvalue weighted by molar-refractivity contribution is 7.86. The van der Waals surface area contributed by atoms with Gasteiger partial charge in [0.25, 0.3) is 10.2 Å². The molecule has 1 unspecified atom stereocenters. The second-order valence-electron chi connectivity index (χ2n) is 6.00. The van der Waals surface area contributed by atoms with Crippen LogP contribution in [0.1, 0.15) is 25.7 Å². The van der Waals surface area contributed by atoms with Crippen LogP contribution in [0.3, 0.4) is 0 Å². The van der Waals surface area contributed by atoms with Gasteiger partial charge in [-0.2, -0.15) is 17.0 Å². The number of ether oxygens (including phenoxy) is 2. The Morgan fingerprint density at radius 3 is 2.38 bits per heavy atom. The Morgan fingerprint density at radius 1 is 1.10 bits per heavy atom. The van der Waals surface area contributed by atoms with E-state index in [9.17, 15) is 8.42 Å². The van der Waals surface area contributed by atoms with E-state index in [4.69, 9.17) is 9.47 Å². The number of nitrogens with zero attached hydrogens (tertiary/aromatic N) is 2. The van der Waals surface area contributed by atoms with Crippen LogP contribution in [0.2, 0.25) is 0 Å². The van der Waals surface area contributed by atoms with Gasteiger partial charge >= 0.3 is 0 Å². The van der Waals surface area contributed by atoms with Crippen LogP contribution in [-0.2, 0) is 19.7 Å². The molecule has 8 heteroatoms. The molecular weight excluding hydrogens is 294 g/mol. The molecule has 0 bridgehead atoms. The molecule has 122 valence electrons. The van der Waals surface area contributed by atoms with E-state index in [0.29, 0.717) is 52.2 Å². The molecule has 3 saturated heterocycles. The van der Waals surface area contributed by atoms with Gasteiger partial charge in [0.15, 0.2) is 5.79 Å². The van der Waals surface area contributed by atoms with Crippen LogP contribution in [0.5, 0.6) is 0 Å². The van der Waals surface area contributed by atoms with Crippen molar-refractivity contribution in [3.63, 3.8) is 0 Å². The van der Waals surface area contributed by atoms with Gasteiger partial charge in [0.2, 0.25) is 0 Å². The van der Waals surface area contributed by atoms with Gasteiger partial charge in [-0.05, 0) is 19.9 Å². The summed E-state index contributed by atoms with van der Waals surface area (Å²) < 4.78 is 40.0. The summed E-state index contributed by atoms with van der Waals surface area (Å²) in [5.41, 5.74) is 0. The maximum atomic E-state index is 12.7. The Kier molecular flexibility index (Phi) is 4.54. The average molecular weight is 319 g/mol. The maximum absolute atomic E-state index is 12.7. The Balaban J connectivity index is 1.63. The summed E-state index contributed by atoms with van der Waals surface area (Å²) in [6.07, 6.45) is 3.19. The van der Waals surface area contributed by atoms with E-state index in [0.717, 1.165) is 12.8 Å². The molecule has 0 aromatic heterocycles. The third-order valence-electron chi connectivity index (χ3n) is 4.74. The third kappa shape index (κ3) is 3.11. The lowest BCUT2D eigenvalue weighted by Gasteiger charge is -2.40. The predicted molar refractivity (Wildman–Crippen MR) is 78.0 cm³/mol. The van der Waals surface area contributed by atoms with Gasteiger partial charge in [-0.3, -0.25) is 0 Å². The maximum Gasteiger partial charge on any atom is 0.282 e. The van der Waals surface area contributed by atoms with E-state index in [1.54, 1.807) is 8.61 Å². The lowest BCUT2D eigenvalue weighted by molar-refractivity contribution is -0.179. The zero-order chi connectivity index (χ0) is 14.9. The Bertz CT molecular complexity index is 454. The van der Waals surface area contributed by atoms with E-state index < -0.39 is 16.0 Å². The van der Waals surface area contributed by atoms with Gasteiger partial charge in [0.1, 0.15) is 0 Å². The molecule has 3 fully saturated rings. The summed E-state index contributed by atoms with van der Waals surface area (Å²) in [4.78, 5) is 0. The van der Waals surface area contributed by atoms with Gasteiger partial charge < -0.3 is 14.8 Å². The highest BCUT2D eigenvalue weighted by Gasteiger charge is 2.44. The molecule has 3 aliphatic heterocycles. The highest BCUT2D eigenvalue weighted by Crippen LogP contribution is 2.33. The Labute approximate surface area is 126 Å². The van der Waals surface area contributed by atoms with Crippen LogP contribution in [0.15, 0.2) is 0 Å². The van der Waals surface area contributed by atoms with Crippen LogP contribution in [0.4, 0.5) is 0 Å². The molecule has 3 heterocycles. The first-order valence-corrected chi connectivity index (χ1v) is 9.16. The molecule has 0 saturated carbocycles. The van der Waals surface area contributed by atoms with Crippen molar-refractivity contribution in [1.29, 1.82) is 0 Å². The van der Waals surface area contributed by atoms with Gasteiger partial charge in [-0.15, -0.1) is 0 Å². The minimum atomic E-state index is -3.36. The topological polar surface area (TPSA) is 71.1 Å².